The third-order valence-electron chi connectivity index (χ3n) is 3.13. The normalized spacial score (nSPS) is 21.1. The maximum atomic E-state index is 10.8. The van der Waals surface area contributed by atoms with Crippen LogP contribution >= 0.6 is 11.3 Å². The lowest BCUT2D eigenvalue weighted by Crippen LogP contribution is -2.36. The molecule has 0 spiro atoms. The Morgan fingerprint density at radius 3 is 3.22 bits per heavy atom. The van der Waals surface area contributed by atoms with Crippen LogP contribution in [0.1, 0.15) is 28.3 Å². The van der Waals surface area contributed by atoms with Gasteiger partial charge in [0, 0.05) is 25.6 Å². The number of rotatable bonds is 5. The van der Waals surface area contributed by atoms with Crippen LogP contribution in [0, 0.1) is 5.92 Å². The van der Waals surface area contributed by atoms with Crippen LogP contribution in [-0.4, -0.2) is 47.8 Å². The van der Waals surface area contributed by atoms with Gasteiger partial charge in [0.15, 0.2) is 0 Å². The van der Waals surface area contributed by atoms with Crippen molar-refractivity contribution in [3.05, 3.63) is 16.1 Å². The van der Waals surface area contributed by atoms with Crippen LogP contribution in [-0.2, 0) is 11.3 Å². The Bertz CT molecular complexity index is 406. The Morgan fingerprint density at radius 2 is 2.56 bits per heavy atom. The van der Waals surface area contributed by atoms with Gasteiger partial charge >= 0.3 is 5.97 Å². The number of nitrogens with zero attached hydrogens (tertiary/aromatic N) is 2. The van der Waals surface area contributed by atoms with E-state index in [0.29, 0.717) is 5.92 Å². The molecular formula is C12H18N2O3S. The second-order valence-corrected chi connectivity index (χ2v) is 5.51. The Balaban J connectivity index is 1.89. The Kier molecular flexibility index (Phi) is 4.68. The summed E-state index contributed by atoms with van der Waals surface area (Å²) in [5.74, 6) is -0.358. The lowest BCUT2D eigenvalue weighted by molar-refractivity contribution is 0.0695. The van der Waals surface area contributed by atoms with Gasteiger partial charge in [-0.2, -0.15) is 0 Å². The molecule has 1 fully saturated rings. The monoisotopic (exact) mass is 270 g/mol. The molecule has 0 aliphatic carbocycles. The van der Waals surface area contributed by atoms with E-state index in [9.17, 15) is 4.79 Å². The van der Waals surface area contributed by atoms with Crippen LogP contribution in [0.25, 0.3) is 0 Å². The van der Waals surface area contributed by atoms with Gasteiger partial charge in [0.25, 0.3) is 0 Å². The predicted molar refractivity (Wildman–Crippen MR) is 69.0 cm³/mol. The van der Waals surface area contributed by atoms with Crippen molar-refractivity contribution < 1.29 is 14.6 Å². The summed E-state index contributed by atoms with van der Waals surface area (Å²) >= 11 is 1.20. The van der Waals surface area contributed by atoms with E-state index in [2.05, 4.69) is 9.88 Å². The molecule has 5 nitrogen and oxygen atoms in total. The highest BCUT2D eigenvalue weighted by Gasteiger charge is 2.20. The van der Waals surface area contributed by atoms with Gasteiger partial charge in [-0.15, -0.1) is 11.3 Å². The quantitative estimate of drug-likeness (QED) is 0.882. The van der Waals surface area contributed by atoms with Gasteiger partial charge in [0.05, 0.1) is 12.3 Å². The molecule has 1 saturated heterocycles. The van der Waals surface area contributed by atoms with E-state index in [1.807, 2.05) is 5.38 Å². The molecule has 2 rings (SSSR count). The molecule has 6 heteroatoms. The molecule has 1 aromatic rings. The van der Waals surface area contributed by atoms with E-state index in [1.165, 1.54) is 24.2 Å². The highest BCUT2D eigenvalue weighted by Crippen LogP contribution is 2.19. The molecule has 0 amide bonds. The van der Waals surface area contributed by atoms with Crippen LogP contribution in [0.2, 0.25) is 0 Å². The van der Waals surface area contributed by atoms with E-state index in [1.54, 1.807) is 7.11 Å². The first-order chi connectivity index (χ1) is 8.69. The van der Waals surface area contributed by atoms with E-state index in [-0.39, 0.29) is 5.01 Å². The second kappa shape index (κ2) is 6.26. The fourth-order valence-electron chi connectivity index (χ4n) is 2.37. The molecule has 0 aromatic carbocycles. The smallest absolute Gasteiger partial charge is 0.365 e. The molecule has 1 aromatic heterocycles. The molecule has 1 N–H and O–H groups in total. The van der Waals surface area contributed by atoms with Crippen LogP contribution in [0.4, 0.5) is 0 Å². The summed E-state index contributed by atoms with van der Waals surface area (Å²) in [7, 11) is 1.73. The lowest BCUT2D eigenvalue weighted by Gasteiger charge is -2.31. The summed E-state index contributed by atoms with van der Waals surface area (Å²) in [6, 6.07) is 0. The number of hydrogen-bond acceptors (Lipinski definition) is 5. The molecule has 0 saturated carbocycles. The van der Waals surface area contributed by atoms with E-state index in [0.717, 1.165) is 31.9 Å². The largest absolute Gasteiger partial charge is 0.476 e. The fraction of sp³-hybridized carbons (Fsp3) is 0.667. The van der Waals surface area contributed by atoms with Gasteiger partial charge in [0.2, 0.25) is 5.01 Å². The molecular weight excluding hydrogens is 252 g/mol. The molecule has 2 heterocycles. The maximum absolute atomic E-state index is 10.8. The number of aromatic carboxylic acids is 1. The molecule has 1 unspecified atom stereocenters. The van der Waals surface area contributed by atoms with Crippen molar-refractivity contribution in [3.8, 4) is 0 Å². The second-order valence-electron chi connectivity index (χ2n) is 4.65. The predicted octanol–water partition coefficient (Wildman–Crippen LogP) is 1.70. The first kappa shape index (κ1) is 13.5. The number of aromatic nitrogens is 1. The zero-order valence-corrected chi connectivity index (χ0v) is 11.3. The van der Waals surface area contributed by atoms with Gasteiger partial charge in [-0.25, -0.2) is 9.78 Å². The number of hydrogen-bond donors (Lipinski definition) is 1. The number of ether oxygens (including phenoxy) is 1. The fourth-order valence-corrected chi connectivity index (χ4v) is 3.02. The van der Waals surface area contributed by atoms with E-state index >= 15 is 0 Å². The van der Waals surface area contributed by atoms with Gasteiger partial charge in [-0.1, -0.05) is 0 Å². The van der Waals surface area contributed by atoms with Gasteiger partial charge in [-0.05, 0) is 25.3 Å². The maximum Gasteiger partial charge on any atom is 0.365 e. The average Bonchev–Trinajstić information content (AvgIpc) is 2.78. The minimum atomic E-state index is -0.942. The number of likely N-dealkylation sites (tertiary alicyclic amines) is 1. The zero-order valence-electron chi connectivity index (χ0n) is 10.5. The van der Waals surface area contributed by atoms with Crippen LogP contribution in [0.3, 0.4) is 0 Å². The Labute approximate surface area is 110 Å². The summed E-state index contributed by atoms with van der Waals surface area (Å²) in [6.45, 7) is 3.60. The SMILES string of the molecule is COCC1CCCN(Cc2csc(C(=O)O)n2)C1. The number of carbonyl (C=O) groups is 1. The molecule has 1 aliphatic rings. The number of methoxy groups -OCH3 is 1. The summed E-state index contributed by atoms with van der Waals surface area (Å²) in [5, 5.41) is 10.8. The highest BCUT2D eigenvalue weighted by atomic mass is 32.1. The Morgan fingerprint density at radius 1 is 1.72 bits per heavy atom. The molecule has 18 heavy (non-hydrogen) atoms. The standard InChI is InChI=1S/C12H18N2O3S/c1-17-7-9-3-2-4-14(5-9)6-10-8-18-11(13-10)12(15)16/h8-9H,2-7H2,1H3,(H,15,16). The number of carboxylic acids is 1. The Hall–Kier alpha value is -0.980. The molecule has 1 aliphatic heterocycles. The van der Waals surface area contributed by atoms with Crippen molar-refractivity contribution in [2.24, 2.45) is 5.92 Å². The van der Waals surface area contributed by atoms with Gasteiger partial charge < -0.3 is 9.84 Å². The molecule has 1 atom stereocenters. The third kappa shape index (κ3) is 3.51. The highest BCUT2D eigenvalue weighted by molar-refractivity contribution is 7.11. The average molecular weight is 270 g/mol. The first-order valence-electron chi connectivity index (χ1n) is 6.08. The van der Waals surface area contributed by atoms with Crippen LogP contribution in [0.15, 0.2) is 5.38 Å². The van der Waals surface area contributed by atoms with Gasteiger partial charge in [-0.3, -0.25) is 4.90 Å². The molecule has 0 radical (unpaired) electrons. The number of carboxylic acid groups (broad SMARTS) is 1. The van der Waals surface area contributed by atoms with E-state index in [4.69, 9.17) is 9.84 Å². The lowest BCUT2D eigenvalue weighted by atomic mass is 9.99. The van der Waals surface area contributed by atoms with Crippen LogP contribution in [0.5, 0.6) is 0 Å². The molecule has 100 valence electrons. The van der Waals surface area contributed by atoms with Crippen molar-refractivity contribution in [1.82, 2.24) is 9.88 Å². The van der Waals surface area contributed by atoms with Crippen molar-refractivity contribution in [2.75, 3.05) is 26.8 Å². The van der Waals surface area contributed by atoms with Crippen molar-refractivity contribution in [2.45, 2.75) is 19.4 Å². The number of thiazole rings is 1. The third-order valence-corrected chi connectivity index (χ3v) is 4.00. The van der Waals surface area contributed by atoms with Crippen LogP contribution < -0.4 is 0 Å². The van der Waals surface area contributed by atoms with Crippen molar-refractivity contribution in [1.29, 1.82) is 0 Å². The summed E-state index contributed by atoms with van der Waals surface area (Å²) in [5.41, 5.74) is 0.857. The summed E-state index contributed by atoms with van der Waals surface area (Å²) in [6.07, 6.45) is 2.38. The van der Waals surface area contributed by atoms with Crippen molar-refractivity contribution >= 4 is 17.3 Å². The number of piperidine rings is 1. The topological polar surface area (TPSA) is 62.7 Å². The van der Waals surface area contributed by atoms with Crippen molar-refractivity contribution in [3.63, 3.8) is 0 Å². The van der Waals surface area contributed by atoms with E-state index < -0.39 is 5.97 Å². The summed E-state index contributed by atoms with van der Waals surface area (Å²) < 4.78 is 5.20. The molecule has 0 bridgehead atoms. The zero-order chi connectivity index (χ0) is 13.0. The minimum Gasteiger partial charge on any atom is -0.476 e. The first-order valence-corrected chi connectivity index (χ1v) is 6.96. The summed E-state index contributed by atoms with van der Waals surface area (Å²) in [4.78, 5) is 17.2. The van der Waals surface area contributed by atoms with Gasteiger partial charge in [0.1, 0.15) is 0 Å². The minimum absolute atomic E-state index is 0.176.